The van der Waals surface area contributed by atoms with Crippen LogP contribution in [0, 0.1) is 0 Å². The first-order valence-electron chi connectivity index (χ1n) is 5.53. The molecule has 1 aliphatic rings. The molecule has 0 unspecified atom stereocenters. The van der Waals surface area contributed by atoms with Crippen LogP contribution in [0.25, 0.3) is 0 Å². The monoisotopic (exact) mass is 257 g/mol. The van der Waals surface area contributed by atoms with Crippen LogP contribution in [0.4, 0.5) is 0 Å². The molecule has 1 aromatic heterocycles. The second kappa shape index (κ2) is 4.47. The predicted octanol–water partition coefficient (Wildman–Crippen LogP) is 3.46. The van der Waals surface area contributed by atoms with Gasteiger partial charge < -0.3 is 0 Å². The molecule has 4 heteroatoms. The Morgan fingerprint density at radius 2 is 2.31 bits per heavy atom. The smallest absolute Gasteiger partial charge is 0.186 e. The van der Waals surface area contributed by atoms with Crippen LogP contribution >= 0.6 is 22.9 Å². The molecule has 0 spiro atoms. The molecule has 2 nitrogen and oxygen atoms in total. The summed E-state index contributed by atoms with van der Waals surface area (Å²) >= 11 is 7.20. The van der Waals surface area contributed by atoms with E-state index in [1.807, 2.05) is 6.07 Å². The summed E-state index contributed by atoms with van der Waals surface area (Å²) in [4.78, 5) is 15.0. The number of rotatable bonds is 3. The predicted molar refractivity (Wildman–Crippen MR) is 68.5 cm³/mol. The Kier molecular flexibility index (Phi) is 3.38. The van der Waals surface area contributed by atoms with Crippen LogP contribution in [0.3, 0.4) is 0 Å². The van der Waals surface area contributed by atoms with Crippen molar-refractivity contribution in [2.45, 2.75) is 32.2 Å². The molecule has 0 aliphatic carbocycles. The third kappa shape index (κ3) is 2.47. The van der Waals surface area contributed by atoms with Crippen LogP contribution in [0.15, 0.2) is 12.1 Å². The Morgan fingerprint density at radius 1 is 1.56 bits per heavy atom. The van der Waals surface area contributed by atoms with Gasteiger partial charge in [0.25, 0.3) is 0 Å². The van der Waals surface area contributed by atoms with Gasteiger partial charge in [0.2, 0.25) is 0 Å². The van der Waals surface area contributed by atoms with Gasteiger partial charge in [-0.2, -0.15) is 0 Å². The standard InChI is InChI=1S/C12H16ClNOS/c1-12(2)6-3-7-14(12)8-9(15)10-4-5-11(13)16-10/h4-5H,3,6-8H2,1-2H3. The number of likely N-dealkylation sites (tertiary alicyclic amines) is 1. The van der Waals surface area contributed by atoms with Crippen molar-refractivity contribution in [3.05, 3.63) is 21.3 Å². The Morgan fingerprint density at radius 3 is 2.81 bits per heavy atom. The van der Waals surface area contributed by atoms with E-state index in [4.69, 9.17) is 11.6 Å². The van der Waals surface area contributed by atoms with Crippen molar-refractivity contribution >= 4 is 28.7 Å². The minimum Gasteiger partial charge on any atom is -0.292 e. The fourth-order valence-corrected chi connectivity index (χ4v) is 3.14. The molecular weight excluding hydrogens is 242 g/mol. The highest BCUT2D eigenvalue weighted by atomic mass is 35.5. The zero-order valence-electron chi connectivity index (χ0n) is 9.62. The maximum atomic E-state index is 12.0. The molecule has 0 bridgehead atoms. The van der Waals surface area contributed by atoms with Crippen LogP contribution in [0.5, 0.6) is 0 Å². The first-order valence-corrected chi connectivity index (χ1v) is 6.72. The molecule has 88 valence electrons. The van der Waals surface area contributed by atoms with Crippen LogP contribution in [0.2, 0.25) is 4.34 Å². The van der Waals surface area contributed by atoms with Gasteiger partial charge in [-0.15, -0.1) is 11.3 Å². The van der Waals surface area contributed by atoms with Crippen molar-refractivity contribution in [3.8, 4) is 0 Å². The topological polar surface area (TPSA) is 20.3 Å². The summed E-state index contributed by atoms with van der Waals surface area (Å²) in [5.41, 5.74) is 0.163. The van der Waals surface area contributed by atoms with E-state index in [1.54, 1.807) is 6.07 Å². The highest BCUT2D eigenvalue weighted by Crippen LogP contribution is 2.29. The second-order valence-corrected chi connectivity index (χ2v) is 6.58. The van der Waals surface area contributed by atoms with Gasteiger partial charge in [0, 0.05) is 5.54 Å². The van der Waals surface area contributed by atoms with Crippen molar-refractivity contribution in [1.82, 2.24) is 4.90 Å². The van der Waals surface area contributed by atoms with E-state index in [0.717, 1.165) is 11.4 Å². The van der Waals surface area contributed by atoms with Gasteiger partial charge in [0.05, 0.1) is 15.8 Å². The lowest BCUT2D eigenvalue weighted by atomic mass is 10.0. The summed E-state index contributed by atoms with van der Waals surface area (Å²) < 4.78 is 0.684. The van der Waals surface area contributed by atoms with E-state index in [-0.39, 0.29) is 11.3 Å². The molecule has 16 heavy (non-hydrogen) atoms. The quantitative estimate of drug-likeness (QED) is 0.773. The Labute approximate surface area is 105 Å². The average Bonchev–Trinajstić information content (AvgIpc) is 2.74. The highest BCUT2D eigenvalue weighted by Gasteiger charge is 2.33. The molecule has 0 atom stereocenters. The normalized spacial score (nSPS) is 20.2. The number of hydrogen-bond donors (Lipinski definition) is 0. The lowest BCUT2D eigenvalue weighted by molar-refractivity contribution is 0.0875. The van der Waals surface area contributed by atoms with E-state index in [0.29, 0.717) is 10.9 Å². The van der Waals surface area contributed by atoms with Gasteiger partial charge in [-0.3, -0.25) is 9.69 Å². The third-order valence-corrected chi connectivity index (χ3v) is 4.53. The molecule has 0 amide bonds. The number of Topliss-reactive ketones (excluding diaryl/α,β-unsaturated/α-hetero) is 1. The molecule has 0 saturated carbocycles. The second-order valence-electron chi connectivity index (χ2n) is 4.86. The SMILES string of the molecule is CC1(C)CCCN1CC(=O)c1ccc(Cl)s1. The molecule has 0 N–H and O–H groups in total. The van der Waals surface area contributed by atoms with Gasteiger partial charge in [-0.25, -0.2) is 0 Å². The first-order chi connectivity index (χ1) is 7.49. The highest BCUT2D eigenvalue weighted by molar-refractivity contribution is 7.18. The van der Waals surface area contributed by atoms with Crippen molar-refractivity contribution in [1.29, 1.82) is 0 Å². The lowest BCUT2D eigenvalue weighted by Crippen LogP contribution is -2.41. The van der Waals surface area contributed by atoms with Gasteiger partial charge in [-0.05, 0) is 45.4 Å². The van der Waals surface area contributed by atoms with Gasteiger partial charge >= 0.3 is 0 Å². The molecule has 1 saturated heterocycles. The molecule has 1 fully saturated rings. The number of carbonyl (C=O) groups excluding carboxylic acids is 1. The van der Waals surface area contributed by atoms with E-state index in [2.05, 4.69) is 18.7 Å². The third-order valence-electron chi connectivity index (χ3n) is 3.26. The maximum Gasteiger partial charge on any atom is 0.186 e. The Bertz CT molecular complexity index is 399. The first kappa shape index (κ1) is 12.1. The zero-order valence-corrected chi connectivity index (χ0v) is 11.2. The molecular formula is C12H16ClNOS. The summed E-state index contributed by atoms with van der Waals surface area (Å²) in [6.45, 7) is 5.95. The van der Waals surface area contributed by atoms with E-state index >= 15 is 0 Å². The van der Waals surface area contributed by atoms with E-state index < -0.39 is 0 Å². The largest absolute Gasteiger partial charge is 0.292 e. The average molecular weight is 258 g/mol. The van der Waals surface area contributed by atoms with Crippen molar-refractivity contribution < 1.29 is 4.79 Å². The summed E-state index contributed by atoms with van der Waals surface area (Å²) in [6, 6.07) is 3.60. The lowest BCUT2D eigenvalue weighted by Gasteiger charge is -2.30. The summed E-state index contributed by atoms with van der Waals surface area (Å²) in [6.07, 6.45) is 2.36. The van der Waals surface area contributed by atoms with Gasteiger partial charge in [0.1, 0.15) is 0 Å². The molecule has 2 heterocycles. The van der Waals surface area contributed by atoms with Gasteiger partial charge in [0.15, 0.2) is 5.78 Å². The number of halogens is 1. The van der Waals surface area contributed by atoms with Crippen molar-refractivity contribution in [2.24, 2.45) is 0 Å². The van der Waals surface area contributed by atoms with Crippen LogP contribution in [0.1, 0.15) is 36.4 Å². The molecule has 1 aromatic rings. The number of carbonyl (C=O) groups is 1. The number of nitrogens with zero attached hydrogens (tertiary/aromatic N) is 1. The maximum absolute atomic E-state index is 12.0. The molecule has 0 aromatic carbocycles. The zero-order chi connectivity index (χ0) is 11.8. The number of hydrogen-bond acceptors (Lipinski definition) is 3. The molecule has 1 aliphatic heterocycles. The van der Waals surface area contributed by atoms with Gasteiger partial charge in [-0.1, -0.05) is 11.6 Å². The number of thiophene rings is 1. The van der Waals surface area contributed by atoms with E-state index in [1.165, 1.54) is 24.2 Å². The minimum atomic E-state index is 0.163. The fourth-order valence-electron chi connectivity index (χ4n) is 2.17. The van der Waals surface area contributed by atoms with Crippen LogP contribution in [-0.2, 0) is 0 Å². The minimum absolute atomic E-state index is 0.163. The van der Waals surface area contributed by atoms with Crippen molar-refractivity contribution in [3.63, 3.8) is 0 Å². The Balaban J connectivity index is 2.03. The summed E-state index contributed by atoms with van der Waals surface area (Å²) in [7, 11) is 0. The van der Waals surface area contributed by atoms with E-state index in [9.17, 15) is 4.79 Å². The molecule has 2 rings (SSSR count). The molecule has 0 radical (unpaired) electrons. The fraction of sp³-hybridized carbons (Fsp3) is 0.583. The Hall–Kier alpha value is -0.380. The van der Waals surface area contributed by atoms with Crippen LogP contribution in [-0.4, -0.2) is 29.3 Å². The summed E-state index contributed by atoms with van der Waals surface area (Å²) in [5.74, 6) is 0.187. The van der Waals surface area contributed by atoms with Crippen molar-refractivity contribution in [2.75, 3.05) is 13.1 Å². The van der Waals surface area contributed by atoms with Crippen LogP contribution < -0.4 is 0 Å². The number of ketones is 1. The summed E-state index contributed by atoms with van der Waals surface area (Å²) in [5, 5.41) is 0.